The maximum Gasteiger partial charge on any atom is 0.0366 e. The summed E-state index contributed by atoms with van der Waals surface area (Å²) >= 11 is 0. The molecule has 0 N–H and O–H groups in total. The fourth-order valence-corrected chi connectivity index (χ4v) is 17.0. The molecule has 0 fully saturated rings. The zero-order valence-electron chi connectivity index (χ0n) is 74.7. The topological polar surface area (TPSA) is 13.0 Å². The lowest BCUT2D eigenvalue weighted by Gasteiger charge is -2.25. The quantitative estimate of drug-likeness (QED) is 0.0214. The van der Waals surface area contributed by atoms with E-state index in [1.165, 1.54) is 397 Å². The van der Waals surface area contributed by atoms with Crippen molar-refractivity contribution < 1.29 is 0 Å². The lowest BCUT2D eigenvalue weighted by Crippen LogP contribution is -2.25. The van der Waals surface area contributed by atoms with Crippen LogP contribution in [0.4, 0.5) is 22.7 Å². The van der Waals surface area contributed by atoms with E-state index in [1.54, 1.807) is 0 Å². The maximum absolute atomic E-state index is 2.72. The van der Waals surface area contributed by atoms with Crippen molar-refractivity contribution in [2.24, 2.45) is 0 Å². The fourth-order valence-electron chi connectivity index (χ4n) is 17.0. The molecule has 0 spiro atoms. The van der Waals surface area contributed by atoms with Crippen LogP contribution in [0.15, 0.2) is 133 Å². The average Bonchev–Trinajstić information content (AvgIpc) is 0.745. The van der Waals surface area contributed by atoms with E-state index >= 15 is 0 Å². The summed E-state index contributed by atoms with van der Waals surface area (Å²) in [7, 11) is 0. The standard InChI is InChI=1S/C110H166N4/c1-9-17-25-33-37-41-45-53-89-113(90-54-46-42-38-34-26-18-10-2)103-77-65-97(66-78-103)69-81-105-107-83-71-100(60-58-96-63-75-102(76-64-96)112(87-51-31-23-15-7)88-52-32-24-16-8)94-110(107)106(82-70-98-67-79-104(80-68-98)114(91-55-47-43-39-35-27-19-11-3)92-56-48-44-40-36-28-20-12-4)108-84-72-99(93-109(105)108)59-57-95-61-73-101(74-62-95)111(85-49-29-21-13-5)86-50-30-22-14-6/h57-84,93-94H,9-56,85-92H2,1-8H3. The van der Waals surface area contributed by atoms with Crippen molar-refractivity contribution >= 4 is 92.9 Å². The third-order valence-electron chi connectivity index (χ3n) is 24.4. The molecule has 0 radical (unpaired) electrons. The highest BCUT2D eigenvalue weighted by atomic mass is 15.1. The summed E-state index contributed by atoms with van der Waals surface area (Å²) in [4.78, 5) is 10.8. The van der Waals surface area contributed by atoms with Crippen molar-refractivity contribution in [1.82, 2.24) is 0 Å². The SMILES string of the molecule is CCCCCCCCCCN(CCCCCCCCCC)c1ccc(C=Cc2c3ccc(C=Cc4ccc(N(CCCCCC)CCCCCC)cc4)cc3c(C=Cc3ccc(N(CCCCCCCCCC)CCCCCCCCCC)cc3)c3ccc(C=Cc4ccc(N(CCCCCC)CCCCCC)cc4)cc23)cc1. The predicted octanol–water partition coefficient (Wildman–Crippen LogP) is 34.8. The van der Waals surface area contributed by atoms with Gasteiger partial charge in [-0.3, -0.25) is 0 Å². The minimum absolute atomic E-state index is 1.14. The molecule has 114 heavy (non-hydrogen) atoms. The van der Waals surface area contributed by atoms with E-state index in [1.807, 2.05) is 0 Å². The van der Waals surface area contributed by atoms with Crippen LogP contribution in [0.3, 0.4) is 0 Å². The first-order valence-corrected chi connectivity index (χ1v) is 48.5. The van der Waals surface area contributed by atoms with Crippen LogP contribution >= 0.6 is 0 Å². The van der Waals surface area contributed by atoms with Gasteiger partial charge in [0, 0.05) is 75.1 Å². The minimum Gasteiger partial charge on any atom is -0.372 e. The Hall–Kier alpha value is -6.78. The van der Waals surface area contributed by atoms with E-state index in [2.05, 4.69) is 257 Å². The molecule has 4 heteroatoms. The highest BCUT2D eigenvalue weighted by Gasteiger charge is 2.16. The number of benzene rings is 7. The van der Waals surface area contributed by atoms with Crippen LogP contribution in [0.25, 0.3) is 70.2 Å². The fraction of sp³-hybridized carbons (Fsp3) is 0.582. The molecule has 626 valence electrons. The molecule has 0 aliphatic carbocycles. The molecule has 0 amide bonds. The van der Waals surface area contributed by atoms with Crippen LogP contribution < -0.4 is 19.6 Å². The molecule has 7 aromatic carbocycles. The second-order valence-corrected chi connectivity index (χ2v) is 34.2. The summed E-state index contributed by atoms with van der Waals surface area (Å²) in [5, 5.41) is 5.10. The summed E-state index contributed by atoms with van der Waals surface area (Å²) in [5.74, 6) is 0. The number of hydrogen-bond donors (Lipinski definition) is 0. The van der Waals surface area contributed by atoms with Gasteiger partial charge in [-0.25, -0.2) is 0 Å². The van der Waals surface area contributed by atoms with Gasteiger partial charge < -0.3 is 19.6 Å². The third kappa shape index (κ3) is 37.2. The van der Waals surface area contributed by atoms with Crippen molar-refractivity contribution in [2.75, 3.05) is 72.0 Å². The first kappa shape index (κ1) is 94.4. The summed E-state index contributed by atoms with van der Waals surface area (Å²) in [6.45, 7) is 27.7. The van der Waals surface area contributed by atoms with Crippen molar-refractivity contribution in [2.45, 2.75) is 364 Å². The number of rotatable bonds is 68. The largest absolute Gasteiger partial charge is 0.372 e. The Morgan fingerprint density at radius 2 is 0.316 bits per heavy atom. The van der Waals surface area contributed by atoms with Gasteiger partial charge in [-0.15, -0.1) is 0 Å². The molecule has 0 heterocycles. The molecule has 7 aromatic rings. The molecule has 0 bridgehead atoms. The van der Waals surface area contributed by atoms with Gasteiger partial charge in [-0.2, -0.15) is 0 Å². The molecule has 0 aliphatic rings. The van der Waals surface area contributed by atoms with E-state index in [0.29, 0.717) is 0 Å². The maximum atomic E-state index is 2.72. The lowest BCUT2D eigenvalue weighted by atomic mass is 9.88. The van der Waals surface area contributed by atoms with Crippen molar-refractivity contribution in [3.63, 3.8) is 0 Å². The Labute approximate surface area is 702 Å². The first-order chi connectivity index (χ1) is 56.3. The Morgan fingerprint density at radius 1 is 0.158 bits per heavy atom. The number of nitrogens with zero attached hydrogens (tertiary/aromatic N) is 4. The zero-order valence-corrected chi connectivity index (χ0v) is 74.7. The van der Waals surface area contributed by atoms with Gasteiger partial charge in [0.05, 0.1) is 0 Å². The van der Waals surface area contributed by atoms with E-state index in [4.69, 9.17) is 0 Å². The molecular weight excluding hydrogens is 1380 g/mol. The van der Waals surface area contributed by atoms with Gasteiger partial charge in [-0.05, 0) is 178 Å². The summed E-state index contributed by atoms with van der Waals surface area (Å²) in [6.07, 6.45) is 83.0. The van der Waals surface area contributed by atoms with E-state index in [-0.39, 0.29) is 0 Å². The number of hydrogen-bond acceptors (Lipinski definition) is 4. The number of anilines is 4. The van der Waals surface area contributed by atoms with Crippen LogP contribution in [0.5, 0.6) is 0 Å². The van der Waals surface area contributed by atoms with Crippen molar-refractivity contribution in [3.05, 3.63) is 178 Å². The smallest absolute Gasteiger partial charge is 0.0366 e. The zero-order chi connectivity index (χ0) is 80.4. The molecule has 0 saturated heterocycles. The Bertz CT molecular complexity index is 3350. The molecule has 0 atom stereocenters. The lowest BCUT2D eigenvalue weighted by molar-refractivity contribution is 0.555. The molecular formula is C110H166N4. The van der Waals surface area contributed by atoms with Gasteiger partial charge in [0.2, 0.25) is 0 Å². The van der Waals surface area contributed by atoms with Crippen molar-refractivity contribution in [1.29, 1.82) is 0 Å². The average molecular weight is 1540 g/mol. The van der Waals surface area contributed by atoms with Crippen LogP contribution in [0.2, 0.25) is 0 Å². The van der Waals surface area contributed by atoms with Gasteiger partial charge >= 0.3 is 0 Å². The second kappa shape index (κ2) is 60.7. The minimum atomic E-state index is 1.14. The Balaban J connectivity index is 1.30. The van der Waals surface area contributed by atoms with E-state index in [9.17, 15) is 0 Å². The predicted molar refractivity (Wildman–Crippen MR) is 519 cm³/mol. The Kier molecular flexibility index (Phi) is 50.2. The summed E-state index contributed by atoms with van der Waals surface area (Å²) < 4.78 is 0. The number of unbranched alkanes of at least 4 members (excludes halogenated alkanes) is 40. The van der Waals surface area contributed by atoms with Crippen LogP contribution in [-0.2, 0) is 0 Å². The molecule has 0 aromatic heterocycles. The second-order valence-electron chi connectivity index (χ2n) is 34.2. The first-order valence-electron chi connectivity index (χ1n) is 48.5. The van der Waals surface area contributed by atoms with Crippen LogP contribution in [0, 0.1) is 0 Å². The van der Waals surface area contributed by atoms with Crippen molar-refractivity contribution in [3.8, 4) is 0 Å². The van der Waals surface area contributed by atoms with Gasteiger partial charge in [-0.1, -0.05) is 434 Å². The van der Waals surface area contributed by atoms with E-state index < -0.39 is 0 Å². The summed E-state index contributed by atoms with van der Waals surface area (Å²) in [6, 6.07) is 52.8. The van der Waals surface area contributed by atoms with Gasteiger partial charge in [0.25, 0.3) is 0 Å². The summed E-state index contributed by atoms with van der Waals surface area (Å²) in [5.41, 5.74) is 15.4. The molecule has 0 aliphatic heterocycles. The molecule has 0 saturated carbocycles. The normalized spacial score (nSPS) is 11.9. The Morgan fingerprint density at radius 3 is 0.518 bits per heavy atom. The van der Waals surface area contributed by atoms with Crippen LogP contribution in [-0.4, -0.2) is 52.4 Å². The molecule has 7 rings (SSSR count). The third-order valence-corrected chi connectivity index (χ3v) is 24.4. The van der Waals surface area contributed by atoms with Crippen LogP contribution in [0.1, 0.15) is 408 Å². The van der Waals surface area contributed by atoms with Gasteiger partial charge in [0.15, 0.2) is 0 Å². The van der Waals surface area contributed by atoms with E-state index in [0.717, 1.165) is 52.4 Å². The molecule has 0 unspecified atom stereocenters. The monoisotopic (exact) mass is 1540 g/mol. The van der Waals surface area contributed by atoms with Gasteiger partial charge in [0.1, 0.15) is 0 Å². The molecule has 4 nitrogen and oxygen atoms in total. The highest BCUT2D eigenvalue weighted by molar-refractivity contribution is 6.15. The number of fused-ring (bicyclic) bond motifs is 2. The highest BCUT2D eigenvalue weighted by Crippen LogP contribution is 2.38.